The number of thioether (sulfide) groups is 1. The third-order valence-corrected chi connectivity index (χ3v) is 4.54. The first-order chi connectivity index (χ1) is 9.33. The number of hydrogen-bond donors (Lipinski definition) is 0. The standard InChI is InChI=1S/C17H16OS/c18-17-8-4-7-14-11-15(9-10-16(14)17)19-12-13-5-2-1-3-6-13/h1-3,5-6,9-11H,4,7-8,12H2. The van der Waals surface area contributed by atoms with Gasteiger partial charge in [-0.25, -0.2) is 0 Å². The fourth-order valence-corrected chi connectivity index (χ4v) is 3.37. The Morgan fingerprint density at radius 3 is 2.68 bits per heavy atom. The van der Waals surface area contributed by atoms with Gasteiger partial charge in [0.25, 0.3) is 0 Å². The summed E-state index contributed by atoms with van der Waals surface area (Å²) in [5, 5.41) is 0. The molecule has 0 atom stereocenters. The van der Waals surface area contributed by atoms with Crippen molar-refractivity contribution in [3.63, 3.8) is 0 Å². The van der Waals surface area contributed by atoms with E-state index in [9.17, 15) is 4.79 Å². The molecule has 1 aliphatic carbocycles. The van der Waals surface area contributed by atoms with Crippen LogP contribution in [0.15, 0.2) is 53.4 Å². The van der Waals surface area contributed by atoms with Crippen LogP contribution >= 0.6 is 11.8 Å². The van der Waals surface area contributed by atoms with E-state index in [0.29, 0.717) is 12.2 Å². The molecule has 2 heteroatoms. The maximum Gasteiger partial charge on any atom is 0.163 e. The molecule has 1 aliphatic rings. The Bertz CT molecular complexity index is 589. The van der Waals surface area contributed by atoms with E-state index in [1.54, 1.807) is 0 Å². The van der Waals surface area contributed by atoms with Crippen molar-refractivity contribution in [3.05, 3.63) is 65.2 Å². The van der Waals surface area contributed by atoms with Gasteiger partial charge in [0.05, 0.1) is 0 Å². The normalized spacial score (nSPS) is 14.2. The van der Waals surface area contributed by atoms with E-state index in [4.69, 9.17) is 0 Å². The van der Waals surface area contributed by atoms with E-state index in [2.05, 4.69) is 36.4 Å². The highest BCUT2D eigenvalue weighted by Crippen LogP contribution is 2.28. The van der Waals surface area contributed by atoms with Crippen molar-refractivity contribution < 1.29 is 4.79 Å². The predicted octanol–water partition coefficient (Wildman–Crippen LogP) is 4.50. The lowest BCUT2D eigenvalue weighted by molar-refractivity contribution is 0.0972. The van der Waals surface area contributed by atoms with Gasteiger partial charge in [0.1, 0.15) is 0 Å². The topological polar surface area (TPSA) is 17.1 Å². The van der Waals surface area contributed by atoms with Crippen molar-refractivity contribution in [1.29, 1.82) is 0 Å². The molecule has 0 heterocycles. The summed E-state index contributed by atoms with van der Waals surface area (Å²) in [6.07, 6.45) is 2.75. The molecule has 3 rings (SSSR count). The highest BCUT2D eigenvalue weighted by Gasteiger charge is 2.16. The lowest BCUT2D eigenvalue weighted by Crippen LogP contribution is -2.10. The number of Topliss-reactive ketones (excluding diaryl/α,β-unsaturated/α-hetero) is 1. The average molecular weight is 268 g/mol. The molecule has 0 aromatic heterocycles. The summed E-state index contributed by atoms with van der Waals surface area (Å²) < 4.78 is 0. The summed E-state index contributed by atoms with van der Waals surface area (Å²) in [5.41, 5.74) is 3.51. The quantitative estimate of drug-likeness (QED) is 0.762. The van der Waals surface area contributed by atoms with E-state index in [1.165, 1.54) is 16.0 Å². The van der Waals surface area contributed by atoms with Crippen LogP contribution in [0.5, 0.6) is 0 Å². The molecule has 0 unspecified atom stereocenters. The van der Waals surface area contributed by atoms with Gasteiger partial charge in [0.15, 0.2) is 5.78 Å². The molecule has 0 saturated heterocycles. The van der Waals surface area contributed by atoms with Crippen LogP contribution in [0.3, 0.4) is 0 Å². The smallest absolute Gasteiger partial charge is 0.163 e. The second-order valence-corrected chi connectivity index (χ2v) is 5.92. The van der Waals surface area contributed by atoms with E-state index in [-0.39, 0.29) is 0 Å². The second kappa shape index (κ2) is 5.62. The van der Waals surface area contributed by atoms with Crippen molar-refractivity contribution in [3.8, 4) is 0 Å². The number of ketones is 1. The molecule has 0 bridgehead atoms. The summed E-state index contributed by atoms with van der Waals surface area (Å²) in [4.78, 5) is 13.0. The van der Waals surface area contributed by atoms with Crippen molar-refractivity contribution >= 4 is 17.5 Å². The predicted molar refractivity (Wildman–Crippen MR) is 79.7 cm³/mol. The molecule has 0 spiro atoms. The van der Waals surface area contributed by atoms with E-state index < -0.39 is 0 Å². The van der Waals surface area contributed by atoms with Crippen LogP contribution < -0.4 is 0 Å². The molecule has 2 aromatic carbocycles. The van der Waals surface area contributed by atoms with Gasteiger partial charge in [-0.15, -0.1) is 11.8 Å². The van der Waals surface area contributed by atoms with Gasteiger partial charge >= 0.3 is 0 Å². The Labute approximate surface area is 118 Å². The summed E-state index contributed by atoms with van der Waals surface area (Å²) >= 11 is 1.84. The fourth-order valence-electron chi connectivity index (χ4n) is 2.45. The van der Waals surface area contributed by atoms with Gasteiger partial charge in [-0.1, -0.05) is 36.4 Å². The number of carbonyl (C=O) groups is 1. The number of benzene rings is 2. The Hall–Kier alpha value is -1.54. The zero-order chi connectivity index (χ0) is 13.1. The Morgan fingerprint density at radius 2 is 1.84 bits per heavy atom. The molecular formula is C17H16OS. The maximum absolute atomic E-state index is 11.8. The molecular weight excluding hydrogens is 252 g/mol. The van der Waals surface area contributed by atoms with Crippen molar-refractivity contribution in [2.45, 2.75) is 29.9 Å². The van der Waals surface area contributed by atoms with Gasteiger partial charge < -0.3 is 0 Å². The first-order valence-electron chi connectivity index (χ1n) is 6.66. The van der Waals surface area contributed by atoms with Gasteiger partial charge in [0, 0.05) is 22.6 Å². The monoisotopic (exact) mass is 268 g/mol. The number of fused-ring (bicyclic) bond motifs is 1. The Balaban J connectivity index is 1.74. The van der Waals surface area contributed by atoms with Crippen molar-refractivity contribution in [2.24, 2.45) is 0 Å². The van der Waals surface area contributed by atoms with Gasteiger partial charge in [-0.3, -0.25) is 4.79 Å². The Kier molecular flexibility index (Phi) is 3.69. The molecule has 0 N–H and O–H groups in total. The largest absolute Gasteiger partial charge is 0.294 e. The fraction of sp³-hybridized carbons (Fsp3) is 0.235. The second-order valence-electron chi connectivity index (χ2n) is 4.87. The lowest BCUT2D eigenvalue weighted by atomic mass is 9.91. The van der Waals surface area contributed by atoms with Crippen LogP contribution in [0.1, 0.15) is 34.3 Å². The number of hydrogen-bond acceptors (Lipinski definition) is 2. The highest BCUT2D eigenvalue weighted by atomic mass is 32.2. The van der Waals surface area contributed by atoms with Gasteiger partial charge in [-0.05, 0) is 36.1 Å². The van der Waals surface area contributed by atoms with Crippen LogP contribution in [0.25, 0.3) is 0 Å². The van der Waals surface area contributed by atoms with Crippen molar-refractivity contribution in [2.75, 3.05) is 0 Å². The van der Waals surface area contributed by atoms with E-state index in [0.717, 1.165) is 24.2 Å². The molecule has 1 nitrogen and oxygen atoms in total. The number of rotatable bonds is 3. The van der Waals surface area contributed by atoms with Crippen LogP contribution in [0, 0.1) is 0 Å². The maximum atomic E-state index is 11.8. The average Bonchev–Trinajstić information content (AvgIpc) is 2.46. The molecule has 0 saturated carbocycles. The Morgan fingerprint density at radius 1 is 1.00 bits per heavy atom. The van der Waals surface area contributed by atoms with Gasteiger partial charge in [-0.2, -0.15) is 0 Å². The molecule has 0 amide bonds. The summed E-state index contributed by atoms with van der Waals surface area (Å²) in [6, 6.07) is 16.8. The molecule has 0 aliphatic heterocycles. The molecule has 96 valence electrons. The minimum Gasteiger partial charge on any atom is -0.294 e. The highest BCUT2D eigenvalue weighted by molar-refractivity contribution is 7.98. The van der Waals surface area contributed by atoms with E-state index in [1.807, 2.05) is 23.9 Å². The minimum absolute atomic E-state index is 0.306. The molecule has 0 fully saturated rings. The zero-order valence-electron chi connectivity index (χ0n) is 10.8. The first-order valence-corrected chi connectivity index (χ1v) is 7.64. The van der Waals surface area contributed by atoms with Crippen LogP contribution in [-0.4, -0.2) is 5.78 Å². The first kappa shape index (κ1) is 12.5. The molecule has 19 heavy (non-hydrogen) atoms. The zero-order valence-corrected chi connectivity index (χ0v) is 11.6. The number of aryl methyl sites for hydroxylation is 1. The third kappa shape index (κ3) is 2.90. The van der Waals surface area contributed by atoms with Crippen LogP contribution in [0.2, 0.25) is 0 Å². The summed E-state index contributed by atoms with van der Waals surface area (Å²) in [6.45, 7) is 0. The molecule has 2 aromatic rings. The summed E-state index contributed by atoms with van der Waals surface area (Å²) in [5.74, 6) is 1.29. The van der Waals surface area contributed by atoms with Crippen LogP contribution in [0.4, 0.5) is 0 Å². The molecule has 0 radical (unpaired) electrons. The van der Waals surface area contributed by atoms with Crippen LogP contribution in [-0.2, 0) is 12.2 Å². The third-order valence-electron chi connectivity index (χ3n) is 3.48. The van der Waals surface area contributed by atoms with Crippen molar-refractivity contribution in [1.82, 2.24) is 0 Å². The SMILES string of the molecule is O=C1CCCc2cc(SCc3ccccc3)ccc21. The minimum atomic E-state index is 0.306. The van der Waals surface area contributed by atoms with Gasteiger partial charge in [0.2, 0.25) is 0 Å². The van der Waals surface area contributed by atoms with E-state index >= 15 is 0 Å². The number of carbonyl (C=O) groups excluding carboxylic acids is 1. The summed E-state index contributed by atoms with van der Waals surface area (Å²) in [7, 11) is 0. The lowest BCUT2D eigenvalue weighted by Gasteiger charge is -2.15.